The maximum absolute atomic E-state index is 14.0. The standard InChI is InChI=1S/C33H32N2O7S/c1-6-41-32(37)29-20(2)34-33-35(30(29)23-13-15-24(38-3)27(18-23)40-5)31(36)28(43-33)17-22-12-14-25(26(16-22)39-4)42-19-21-10-8-7-9-11-21/h7-18,30H,6,19H2,1-5H3. The summed E-state index contributed by atoms with van der Waals surface area (Å²) in [5, 5.41) is 0. The monoisotopic (exact) mass is 600 g/mol. The smallest absolute Gasteiger partial charge is 0.338 e. The van der Waals surface area contributed by atoms with E-state index in [1.54, 1.807) is 52.3 Å². The third kappa shape index (κ3) is 6.05. The Morgan fingerprint density at radius 3 is 2.33 bits per heavy atom. The molecule has 2 heterocycles. The molecule has 5 rings (SSSR count). The molecular weight excluding hydrogens is 568 g/mol. The van der Waals surface area contributed by atoms with Gasteiger partial charge in [-0.05, 0) is 60.9 Å². The number of esters is 1. The van der Waals surface area contributed by atoms with Gasteiger partial charge in [-0.25, -0.2) is 9.79 Å². The molecule has 222 valence electrons. The quantitative estimate of drug-likeness (QED) is 0.249. The van der Waals surface area contributed by atoms with Crippen molar-refractivity contribution in [1.82, 2.24) is 4.57 Å². The molecule has 0 aliphatic carbocycles. The number of benzene rings is 3. The Labute approximate surface area is 252 Å². The largest absolute Gasteiger partial charge is 0.493 e. The molecule has 1 aliphatic heterocycles. The number of aromatic nitrogens is 1. The zero-order chi connectivity index (χ0) is 30.5. The van der Waals surface area contributed by atoms with Crippen molar-refractivity contribution in [3.63, 3.8) is 0 Å². The number of hydrogen-bond acceptors (Lipinski definition) is 9. The van der Waals surface area contributed by atoms with Gasteiger partial charge in [-0.15, -0.1) is 0 Å². The lowest BCUT2D eigenvalue weighted by atomic mass is 9.95. The van der Waals surface area contributed by atoms with Crippen LogP contribution in [0.4, 0.5) is 0 Å². The number of ether oxygens (including phenoxy) is 5. The summed E-state index contributed by atoms with van der Waals surface area (Å²) < 4.78 is 29.9. The number of rotatable bonds is 10. The summed E-state index contributed by atoms with van der Waals surface area (Å²) in [4.78, 5) is 32.3. The molecule has 1 aliphatic rings. The minimum atomic E-state index is -0.777. The second-order valence-electron chi connectivity index (χ2n) is 9.60. The number of hydrogen-bond donors (Lipinski definition) is 0. The van der Waals surface area contributed by atoms with Gasteiger partial charge in [-0.2, -0.15) is 0 Å². The van der Waals surface area contributed by atoms with Crippen LogP contribution in [0.25, 0.3) is 6.08 Å². The number of carbonyl (C=O) groups excluding carboxylic acids is 1. The molecule has 4 aromatic rings. The summed E-state index contributed by atoms with van der Waals surface area (Å²) in [5.74, 6) is 1.60. The van der Waals surface area contributed by atoms with E-state index >= 15 is 0 Å². The Morgan fingerprint density at radius 1 is 0.930 bits per heavy atom. The van der Waals surface area contributed by atoms with Crippen LogP contribution in [-0.2, 0) is 16.1 Å². The minimum absolute atomic E-state index is 0.186. The molecule has 1 atom stereocenters. The van der Waals surface area contributed by atoms with Crippen molar-refractivity contribution in [3.8, 4) is 23.0 Å². The zero-order valence-corrected chi connectivity index (χ0v) is 25.4. The van der Waals surface area contributed by atoms with Gasteiger partial charge in [-0.1, -0.05) is 53.8 Å². The number of fused-ring (bicyclic) bond motifs is 1. The highest BCUT2D eigenvalue weighted by molar-refractivity contribution is 7.07. The average Bonchev–Trinajstić information content (AvgIpc) is 3.33. The van der Waals surface area contributed by atoms with E-state index in [-0.39, 0.29) is 17.7 Å². The predicted octanol–water partition coefficient (Wildman–Crippen LogP) is 4.40. The number of nitrogens with zero attached hydrogens (tertiary/aromatic N) is 2. The fraction of sp³-hybridized carbons (Fsp3) is 0.242. The lowest BCUT2D eigenvalue weighted by Gasteiger charge is -2.25. The van der Waals surface area contributed by atoms with E-state index in [0.717, 1.165) is 11.1 Å². The normalized spacial score (nSPS) is 14.5. The van der Waals surface area contributed by atoms with Crippen LogP contribution in [0, 0.1) is 0 Å². The molecule has 10 heteroatoms. The number of thiazole rings is 1. The summed E-state index contributed by atoms with van der Waals surface area (Å²) >= 11 is 1.24. The summed E-state index contributed by atoms with van der Waals surface area (Å²) in [7, 11) is 4.66. The van der Waals surface area contributed by atoms with Crippen LogP contribution < -0.4 is 33.8 Å². The Bertz CT molecular complexity index is 1860. The summed E-state index contributed by atoms with van der Waals surface area (Å²) in [5.41, 5.74) is 2.92. The van der Waals surface area contributed by atoms with Crippen LogP contribution >= 0.6 is 11.3 Å². The topological polar surface area (TPSA) is 97.6 Å². The van der Waals surface area contributed by atoms with Gasteiger partial charge in [0.25, 0.3) is 5.56 Å². The first-order valence-corrected chi connectivity index (χ1v) is 14.5. The lowest BCUT2D eigenvalue weighted by molar-refractivity contribution is -0.139. The molecule has 0 N–H and O–H groups in total. The van der Waals surface area contributed by atoms with E-state index in [1.807, 2.05) is 48.5 Å². The highest BCUT2D eigenvalue weighted by Crippen LogP contribution is 2.36. The molecule has 1 unspecified atom stereocenters. The highest BCUT2D eigenvalue weighted by atomic mass is 32.1. The van der Waals surface area contributed by atoms with Crippen LogP contribution in [0.3, 0.4) is 0 Å². The van der Waals surface area contributed by atoms with Gasteiger partial charge in [0.2, 0.25) is 0 Å². The van der Waals surface area contributed by atoms with Crippen molar-refractivity contribution >= 4 is 23.4 Å². The van der Waals surface area contributed by atoms with Crippen LogP contribution in [0.5, 0.6) is 23.0 Å². The molecule has 0 amide bonds. The van der Waals surface area contributed by atoms with Crippen molar-refractivity contribution in [2.45, 2.75) is 26.5 Å². The van der Waals surface area contributed by atoms with Gasteiger partial charge < -0.3 is 23.7 Å². The number of methoxy groups -OCH3 is 3. The van der Waals surface area contributed by atoms with Crippen molar-refractivity contribution < 1.29 is 28.5 Å². The fourth-order valence-electron chi connectivity index (χ4n) is 4.91. The van der Waals surface area contributed by atoms with Crippen molar-refractivity contribution in [2.24, 2.45) is 4.99 Å². The lowest BCUT2D eigenvalue weighted by Crippen LogP contribution is -2.39. The third-order valence-corrected chi connectivity index (χ3v) is 7.95. The second kappa shape index (κ2) is 13.0. The number of allylic oxidation sites excluding steroid dienone is 1. The first-order chi connectivity index (χ1) is 20.9. The third-order valence-electron chi connectivity index (χ3n) is 6.96. The van der Waals surface area contributed by atoms with E-state index < -0.39 is 12.0 Å². The highest BCUT2D eigenvalue weighted by Gasteiger charge is 2.34. The van der Waals surface area contributed by atoms with Crippen LogP contribution in [0.15, 0.2) is 87.8 Å². The Hall–Kier alpha value is -4.83. The van der Waals surface area contributed by atoms with Gasteiger partial charge in [-0.3, -0.25) is 9.36 Å². The molecule has 9 nitrogen and oxygen atoms in total. The SMILES string of the molecule is CCOC(=O)C1=C(C)N=c2sc(=Cc3ccc(OCc4ccccc4)c(OC)c3)c(=O)n2C1c1ccc(OC)c(OC)c1. The van der Waals surface area contributed by atoms with E-state index in [0.29, 0.717) is 50.2 Å². The minimum Gasteiger partial charge on any atom is -0.493 e. The van der Waals surface area contributed by atoms with Crippen molar-refractivity contribution in [3.05, 3.63) is 114 Å². The maximum Gasteiger partial charge on any atom is 0.338 e. The predicted molar refractivity (Wildman–Crippen MR) is 164 cm³/mol. The van der Waals surface area contributed by atoms with Crippen LogP contribution in [0.2, 0.25) is 0 Å². The van der Waals surface area contributed by atoms with Gasteiger partial charge >= 0.3 is 5.97 Å². The fourth-order valence-corrected chi connectivity index (χ4v) is 5.96. The second-order valence-corrected chi connectivity index (χ2v) is 10.6. The first-order valence-electron chi connectivity index (χ1n) is 13.6. The molecule has 1 aromatic heterocycles. The molecule has 0 bridgehead atoms. The molecule has 0 spiro atoms. The number of carbonyl (C=O) groups is 1. The zero-order valence-electron chi connectivity index (χ0n) is 24.6. The van der Waals surface area contributed by atoms with E-state index in [1.165, 1.54) is 23.0 Å². The Balaban J connectivity index is 1.58. The molecule has 0 fully saturated rings. The van der Waals surface area contributed by atoms with Gasteiger partial charge in [0.05, 0.1) is 49.8 Å². The van der Waals surface area contributed by atoms with E-state index in [2.05, 4.69) is 4.99 Å². The Morgan fingerprint density at radius 2 is 1.63 bits per heavy atom. The Kier molecular flexibility index (Phi) is 8.96. The molecular formula is C33H32N2O7S. The van der Waals surface area contributed by atoms with E-state index in [9.17, 15) is 9.59 Å². The molecule has 3 aromatic carbocycles. The summed E-state index contributed by atoms with van der Waals surface area (Å²) in [6.45, 7) is 4.07. The maximum atomic E-state index is 14.0. The van der Waals surface area contributed by atoms with Gasteiger partial charge in [0.15, 0.2) is 27.8 Å². The molecule has 0 radical (unpaired) electrons. The molecule has 43 heavy (non-hydrogen) atoms. The molecule has 0 saturated carbocycles. The van der Waals surface area contributed by atoms with Gasteiger partial charge in [0.1, 0.15) is 6.61 Å². The first kappa shape index (κ1) is 29.7. The van der Waals surface area contributed by atoms with Crippen LogP contribution in [-0.4, -0.2) is 38.5 Å². The summed E-state index contributed by atoms with van der Waals surface area (Å²) in [6, 6.07) is 19.9. The summed E-state index contributed by atoms with van der Waals surface area (Å²) in [6.07, 6.45) is 1.78. The average molecular weight is 601 g/mol. The van der Waals surface area contributed by atoms with E-state index in [4.69, 9.17) is 23.7 Å². The van der Waals surface area contributed by atoms with Gasteiger partial charge in [0, 0.05) is 0 Å². The van der Waals surface area contributed by atoms with Crippen molar-refractivity contribution in [1.29, 1.82) is 0 Å². The molecule has 0 saturated heterocycles. The van der Waals surface area contributed by atoms with Crippen molar-refractivity contribution in [2.75, 3.05) is 27.9 Å². The van der Waals surface area contributed by atoms with Crippen LogP contribution in [0.1, 0.15) is 36.6 Å².